The zero-order valence-corrected chi connectivity index (χ0v) is 18.3. The number of piperidine rings is 1. The van der Waals surface area contributed by atoms with Crippen molar-refractivity contribution in [2.45, 2.75) is 64.8 Å². The molecule has 0 aromatic heterocycles. The minimum absolute atomic E-state index is 0.0213. The number of amides is 2. The summed E-state index contributed by atoms with van der Waals surface area (Å²) in [5.74, 6) is 2.57. The van der Waals surface area contributed by atoms with Crippen LogP contribution in [0.2, 0.25) is 0 Å². The van der Waals surface area contributed by atoms with Crippen LogP contribution < -0.4 is 10.6 Å². The number of carbonyl (C=O) groups is 2. The van der Waals surface area contributed by atoms with E-state index in [4.69, 9.17) is 0 Å². The Kier molecular flexibility index (Phi) is 9.98. The lowest BCUT2D eigenvalue weighted by Crippen LogP contribution is -2.50. The molecule has 0 aromatic rings. The van der Waals surface area contributed by atoms with Crippen LogP contribution in [0.15, 0.2) is 0 Å². The predicted molar refractivity (Wildman–Crippen MR) is 114 cm³/mol. The highest BCUT2D eigenvalue weighted by Gasteiger charge is 2.28. The Hall–Kier alpha value is -0.750. The third-order valence-electron chi connectivity index (χ3n) is 6.23. The highest BCUT2D eigenvalue weighted by atomic mass is 32.2. The van der Waals surface area contributed by atoms with E-state index >= 15 is 0 Å². The summed E-state index contributed by atoms with van der Waals surface area (Å²) in [6.07, 6.45) is 9.39. The highest BCUT2D eigenvalue weighted by molar-refractivity contribution is 7.98. The van der Waals surface area contributed by atoms with Crippen LogP contribution in [0, 0.1) is 17.8 Å². The molecule has 2 fully saturated rings. The minimum atomic E-state index is -0.398. The maximum Gasteiger partial charge on any atom is 0.242 e. The average Bonchev–Trinajstić information content (AvgIpc) is 2.67. The summed E-state index contributed by atoms with van der Waals surface area (Å²) < 4.78 is 0. The lowest BCUT2D eigenvalue weighted by Gasteiger charge is -2.30. The minimum Gasteiger partial charge on any atom is -0.353 e. The van der Waals surface area contributed by atoms with Crippen LogP contribution in [-0.2, 0) is 9.59 Å². The number of likely N-dealkylation sites (tertiary alicyclic amines) is 1. The molecule has 1 heterocycles. The Morgan fingerprint density at radius 3 is 2.30 bits per heavy atom. The Morgan fingerprint density at radius 2 is 1.67 bits per heavy atom. The number of carbonyl (C=O) groups excluding carboxylic acids is 2. The SMILES string of the molecule is CSCC[C@@H](NC(=O)C1CCC(C)CC1)C(=O)NCCN1CCC(C)CC1. The van der Waals surface area contributed by atoms with Gasteiger partial charge in [0.2, 0.25) is 11.8 Å². The summed E-state index contributed by atoms with van der Waals surface area (Å²) in [6.45, 7) is 8.40. The molecule has 0 aromatic carbocycles. The van der Waals surface area contributed by atoms with Crippen molar-refractivity contribution in [1.29, 1.82) is 0 Å². The summed E-state index contributed by atoms with van der Waals surface area (Å²) in [5, 5.41) is 6.11. The topological polar surface area (TPSA) is 61.4 Å². The predicted octanol–water partition coefficient (Wildman–Crippen LogP) is 2.90. The molecule has 1 atom stereocenters. The second kappa shape index (κ2) is 11.9. The van der Waals surface area contributed by atoms with Crippen LogP contribution in [0.4, 0.5) is 0 Å². The molecule has 1 aliphatic carbocycles. The molecule has 27 heavy (non-hydrogen) atoms. The summed E-state index contributed by atoms with van der Waals surface area (Å²) in [5.41, 5.74) is 0. The third kappa shape index (κ3) is 8.02. The molecule has 2 rings (SSSR count). The van der Waals surface area contributed by atoms with Gasteiger partial charge < -0.3 is 15.5 Å². The molecular weight excluding hydrogens is 358 g/mol. The van der Waals surface area contributed by atoms with Crippen LogP contribution in [0.25, 0.3) is 0 Å². The van der Waals surface area contributed by atoms with Crippen molar-refractivity contribution in [3.63, 3.8) is 0 Å². The van der Waals surface area contributed by atoms with Gasteiger partial charge in [-0.15, -0.1) is 0 Å². The van der Waals surface area contributed by atoms with Gasteiger partial charge in [-0.05, 0) is 81.9 Å². The summed E-state index contributed by atoms with van der Waals surface area (Å²) in [6, 6.07) is -0.398. The van der Waals surface area contributed by atoms with Crippen LogP contribution in [-0.4, -0.2) is 60.9 Å². The van der Waals surface area contributed by atoms with Gasteiger partial charge in [-0.1, -0.05) is 13.8 Å². The fraction of sp³-hybridized carbons (Fsp3) is 0.905. The van der Waals surface area contributed by atoms with Crippen molar-refractivity contribution in [2.75, 3.05) is 38.2 Å². The normalized spacial score (nSPS) is 25.7. The molecule has 0 radical (unpaired) electrons. The lowest BCUT2D eigenvalue weighted by molar-refractivity contribution is -0.132. The fourth-order valence-electron chi connectivity index (χ4n) is 4.06. The quantitative estimate of drug-likeness (QED) is 0.628. The Morgan fingerprint density at radius 1 is 1.04 bits per heavy atom. The molecule has 2 N–H and O–H groups in total. The second-order valence-electron chi connectivity index (χ2n) is 8.61. The van der Waals surface area contributed by atoms with E-state index in [1.165, 1.54) is 12.8 Å². The van der Waals surface area contributed by atoms with E-state index in [0.29, 0.717) is 13.0 Å². The molecule has 156 valence electrons. The number of nitrogens with one attached hydrogen (secondary N) is 2. The maximum absolute atomic E-state index is 12.7. The van der Waals surface area contributed by atoms with Gasteiger partial charge in [0.25, 0.3) is 0 Å². The largest absolute Gasteiger partial charge is 0.353 e. The number of nitrogens with zero attached hydrogens (tertiary/aromatic N) is 1. The number of hydrogen-bond donors (Lipinski definition) is 2. The molecule has 0 bridgehead atoms. The number of rotatable bonds is 9. The molecule has 2 aliphatic rings. The van der Waals surface area contributed by atoms with Gasteiger partial charge in [-0.2, -0.15) is 11.8 Å². The molecule has 0 unspecified atom stereocenters. The lowest BCUT2D eigenvalue weighted by atomic mass is 9.82. The van der Waals surface area contributed by atoms with E-state index in [2.05, 4.69) is 29.4 Å². The van der Waals surface area contributed by atoms with E-state index in [1.54, 1.807) is 11.8 Å². The van der Waals surface area contributed by atoms with Crippen LogP contribution in [0.5, 0.6) is 0 Å². The van der Waals surface area contributed by atoms with E-state index in [0.717, 1.165) is 62.9 Å². The van der Waals surface area contributed by atoms with Gasteiger partial charge in [-0.25, -0.2) is 0 Å². The summed E-state index contributed by atoms with van der Waals surface area (Å²) in [7, 11) is 0. The fourth-order valence-corrected chi connectivity index (χ4v) is 4.53. The van der Waals surface area contributed by atoms with Crippen molar-refractivity contribution in [1.82, 2.24) is 15.5 Å². The maximum atomic E-state index is 12.7. The molecule has 2 amide bonds. The first-order valence-electron chi connectivity index (χ1n) is 10.8. The third-order valence-corrected chi connectivity index (χ3v) is 6.88. The zero-order valence-electron chi connectivity index (χ0n) is 17.5. The standard InChI is InChI=1S/C21H39N3O2S/c1-16-4-6-18(7-5-16)20(25)23-19(10-15-27-3)21(26)22-11-14-24-12-8-17(2)9-13-24/h16-19H,4-15H2,1-3H3,(H,22,26)(H,23,25)/t16?,18?,19-/m1/s1. The first kappa shape index (κ1) is 22.5. The summed E-state index contributed by atoms with van der Waals surface area (Å²) >= 11 is 1.72. The number of hydrogen-bond acceptors (Lipinski definition) is 4. The van der Waals surface area contributed by atoms with Crippen LogP contribution >= 0.6 is 11.8 Å². The van der Waals surface area contributed by atoms with Crippen LogP contribution in [0.1, 0.15) is 58.8 Å². The van der Waals surface area contributed by atoms with E-state index in [1.807, 2.05) is 6.26 Å². The molecule has 6 heteroatoms. The second-order valence-corrected chi connectivity index (χ2v) is 9.60. The Bertz CT molecular complexity index is 458. The molecule has 1 saturated heterocycles. The van der Waals surface area contributed by atoms with Gasteiger partial charge in [0.05, 0.1) is 0 Å². The Labute approximate surface area is 169 Å². The molecule has 1 saturated carbocycles. The molecule has 1 aliphatic heterocycles. The van der Waals surface area contributed by atoms with Gasteiger partial charge in [0.1, 0.15) is 6.04 Å². The number of thioether (sulfide) groups is 1. The van der Waals surface area contributed by atoms with Gasteiger partial charge in [-0.3, -0.25) is 9.59 Å². The first-order valence-corrected chi connectivity index (χ1v) is 12.2. The molecule has 0 spiro atoms. The summed E-state index contributed by atoms with van der Waals surface area (Å²) in [4.78, 5) is 27.7. The smallest absolute Gasteiger partial charge is 0.242 e. The zero-order chi connectivity index (χ0) is 19.6. The van der Waals surface area contributed by atoms with E-state index in [-0.39, 0.29) is 17.7 Å². The van der Waals surface area contributed by atoms with Crippen molar-refractivity contribution >= 4 is 23.6 Å². The van der Waals surface area contributed by atoms with Gasteiger partial charge in [0.15, 0.2) is 0 Å². The van der Waals surface area contributed by atoms with Crippen molar-refractivity contribution < 1.29 is 9.59 Å². The first-order chi connectivity index (χ1) is 13.0. The highest BCUT2D eigenvalue weighted by Crippen LogP contribution is 2.28. The van der Waals surface area contributed by atoms with Gasteiger partial charge in [0, 0.05) is 19.0 Å². The van der Waals surface area contributed by atoms with E-state index in [9.17, 15) is 9.59 Å². The van der Waals surface area contributed by atoms with Crippen molar-refractivity contribution in [3.8, 4) is 0 Å². The van der Waals surface area contributed by atoms with E-state index < -0.39 is 6.04 Å². The Balaban J connectivity index is 1.75. The molecule has 5 nitrogen and oxygen atoms in total. The molecular formula is C21H39N3O2S. The monoisotopic (exact) mass is 397 g/mol. The average molecular weight is 398 g/mol. The van der Waals surface area contributed by atoms with Crippen molar-refractivity contribution in [2.24, 2.45) is 17.8 Å². The van der Waals surface area contributed by atoms with Gasteiger partial charge >= 0.3 is 0 Å². The van der Waals surface area contributed by atoms with Crippen molar-refractivity contribution in [3.05, 3.63) is 0 Å². The van der Waals surface area contributed by atoms with Crippen LogP contribution in [0.3, 0.4) is 0 Å².